The Balaban J connectivity index is 1.72. The number of likely N-dealkylation sites (tertiary alicyclic amines) is 1. The van der Waals surface area contributed by atoms with Gasteiger partial charge in [-0.1, -0.05) is 54.1 Å². The summed E-state index contributed by atoms with van der Waals surface area (Å²) in [6.45, 7) is 3.29. The van der Waals surface area contributed by atoms with Gasteiger partial charge in [-0.2, -0.15) is 0 Å². The lowest BCUT2D eigenvalue weighted by molar-refractivity contribution is -0.131. The van der Waals surface area contributed by atoms with Crippen LogP contribution in [0.2, 0.25) is 5.02 Å². The largest absolute Gasteiger partial charge is 0.349 e. The highest BCUT2D eigenvalue weighted by Crippen LogP contribution is 2.33. The Kier molecular flexibility index (Phi) is 6.70. The number of hydrogen-bond acceptors (Lipinski definition) is 3. The Bertz CT molecular complexity index is 810. The van der Waals surface area contributed by atoms with Crippen LogP contribution in [0.4, 0.5) is 0 Å². The van der Waals surface area contributed by atoms with Crippen LogP contribution in [0.3, 0.4) is 0 Å². The number of rotatable bonds is 6. The van der Waals surface area contributed by atoms with Crippen molar-refractivity contribution in [2.75, 3.05) is 19.6 Å². The van der Waals surface area contributed by atoms with E-state index < -0.39 is 0 Å². The Morgan fingerprint density at radius 3 is 2.43 bits per heavy atom. The van der Waals surface area contributed by atoms with Gasteiger partial charge >= 0.3 is 0 Å². The van der Waals surface area contributed by atoms with Crippen molar-refractivity contribution in [2.24, 2.45) is 11.7 Å². The molecule has 2 amide bonds. The fourth-order valence-electron chi connectivity index (χ4n) is 3.89. The molecule has 0 bridgehead atoms. The fourth-order valence-corrected chi connectivity index (χ4v) is 4.01. The fraction of sp³-hybridized carbons (Fsp3) is 0.364. The maximum Gasteiger partial charge on any atom is 0.225 e. The summed E-state index contributed by atoms with van der Waals surface area (Å²) in [6, 6.07) is 17.0. The molecule has 28 heavy (non-hydrogen) atoms. The van der Waals surface area contributed by atoms with Crippen LogP contribution in [0.15, 0.2) is 54.6 Å². The number of carbonyl (C=O) groups excluding carboxylic acids is 2. The Morgan fingerprint density at radius 1 is 1.14 bits per heavy atom. The molecular weight excluding hydrogens is 374 g/mol. The topological polar surface area (TPSA) is 75.4 Å². The molecule has 1 unspecified atom stereocenters. The molecule has 0 radical (unpaired) electrons. The van der Waals surface area contributed by atoms with E-state index in [2.05, 4.69) is 17.4 Å². The molecular formula is C22H26ClN3O2. The van der Waals surface area contributed by atoms with Crippen molar-refractivity contribution in [1.29, 1.82) is 0 Å². The van der Waals surface area contributed by atoms with Crippen molar-refractivity contribution in [3.05, 3.63) is 70.7 Å². The second-order valence-electron chi connectivity index (χ2n) is 7.32. The number of benzene rings is 2. The normalized spacial score (nSPS) is 20.0. The van der Waals surface area contributed by atoms with E-state index in [4.69, 9.17) is 17.3 Å². The maximum absolute atomic E-state index is 13.0. The molecule has 2 aromatic rings. The summed E-state index contributed by atoms with van der Waals surface area (Å²) >= 11 is 5.96. The van der Waals surface area contributed by atoms with Crippen LogP contribution in [0.25, 0.3) is 0 Å². The SMILES string of the molecule is CC(=O)NC(CC(=O)N1C[C@@H](CN)[C@H](c2ccccc2)C1)c1ccc(Cl)cc1. The molecule has 3 atom stereocenters. The van der Waals surface area contributed by atoms with Gasteiger partial charge in [0.15, 0.2) is 0 Å². The Morgan fingerprint density at radius 2 is 1.82 bits per heavy atom. The standard InChI is InChI=1S/C22H26ClN3O2/c1-15(27)25-21(17-7-9-19(23)10-8-17)11-22(28)26-13-18(12-24)20(14-26)16-5-3-2-4-6-16/h2-10,18,20-21H,11-14,24H2,1H3,(H,25,27)/t18-,20+,21?/m1/s1. The molecule has 1 aliphatic heterocycles. The minimum absolute atomic E-state index is 0.0191. The molecule has 0 aromatic heterocycles. The second kappa shape index (κ2) is 9.22. The van der Waals surface area contributed by atoms with Gasteiger partial charge in [-0.15, -0.1) is 0 Å². The highest BCUT2D eigenvalue weighted by Gasteiger charge is 2.35. The summed E-state index contributed by atoms with van der Waals surface area (Å²) in [7, 11) is 0. The van der Waals surface area contributed by atoms with Gasteiger partial charge in [0.1, 0.15) is 0 Å². The molecule has 148 valence electrons. The molecule has 1 heterocycles. The third-order valence-corrected chi connectivity index (χ3v) is 5.60. The van der Waals surface area contributed by atoms with Gasteiger partial charge in [-0.05, 0) is 35.7 Å². The number of carbonyl (C=O) groups is 2. The van der Waals surface area contributed by atoms with Crippen LogP contribution in [0.1, 0.15) is 36.4 Å². The summed E-state index contributed by atoms with van der Waals surface area (Å²) < 4.78 is 0. The van der Waals surface area contributed by atoms with Gasteiger partial charge in [0.25, 0.3) is 0 Å². The zero-order valence-electron chi connectivity index (χ0n) is 16.0. The second-order valence-corrected chi connectivity index (χ2v) is 7.76. The zero-order valence-corrected chi connectivity index (χ0v) is 16.7. The first-order chi connectivity index (χ1) is 13.5. The van der Waals surface area contributed by atoms with Crippen LogP contribution in [-0.4, -0.2) is 36.3 Å². The number of nitrogens with one attached hydrogen (secondary N) is 1. The molecule has 1 fully saturated rings. The van der Waals surface area contributed by atoms with E-state index in [-0.39, 0.29) is 36.1 Å². The molecule has 6 heteroatoms. The van der Waals surface area contributed by atoms with Gasteiger partial charge in [0.05, 0.1) is 12.5 Å². The minimum Gasteiger partial charge on any atom is -0.349 e. The molecule has 1 saturated heterocycles. The van der Waals surface area contributed by atoms with E-state index in [1.807, 2.05) is 35.2 Å². The molecule has 0 spiro atoms. The average Bonchev–Trinajstić information content (AvgIpc) is 3.13. The van der Waals surface area contributed by atoms with Crippen molar-refractivity contribution in [1.82, 2.24) is 10.2 Å². The van der Waals surface area contributed by atoms with Crippen LogP contribution < -0.4 is 11.1 Å². The number of halogens is 1. The molecule has 2 aromatic carbocycles. The van der Waals surface area contributed by atoms with Crippen LogP contribution in [0, 0.1) is 5.92 Å². The molecule has 1 aliphatic rings. The number of amides is 2. The van der Waals surface area contributed by atoms with Gasteiger partial charge in [-0.25, -0.2) is 0 Å². The highest BCUT2D eigenvalue weighted by atomic mass is 35.5. The lowest BCUT2D eigenvalue weighted by atomic mass is 9.89. The molecule has 5 nitrogen and oxygen atoms in total. The third kappa shape index (κ3) is 4.91. The van der Waals surface area contributed by atoms with Gasteiger partial charge in [0.2, 0.25) is 11.8 Å². The molecule has 0 saturated carbocycles. The Hall–Kier alpha value is -2.37. The van der Waals surface area contributed by atoms with E-state index in [9.17, 15) is 9.59 Å². The summed E-state index contributed by atoms with van der Waals surface area (Å²) in [6.07, 6.45) is 0.208. The molecule has 3 rings (SSSR count). The first-order valence-corrected chi connectivity index (χ1v) is 9.91. The first-order valence-electron chi connectivity index (χ1n) is 9.53. The van der Waals surface area contributed by atoms with Crippen molar-refractivity contribution >= 4 is 23.4 Å². The summed E-state index contributed by atoms with van der Waals surface area (Å²) in [5.74, 6) is 0.327. The minimum atomic E-state index is -0.380. The number of nitrogens with zero attached hydrogens (tertiary/aromatic N) is 1. The third-order valence-electron chi connectivity index (χ3n) is 5.35. The number of nitrogens with two attached hydrogens (primary N) is 1. The average molecular weight is 400 g/mol. The van der Waals surface area contributed by atoms with E-state index in [1.165, 1.54) is 12.5 Å². The summed E-state index contributed by atoms with van der Waals surface area (Å²) in [5, 5.41) is 3.50. The van der Waals surface area contributed by atoms with E-state index in [0.717, 1.165) is 5.56 Å². The van der Waals surface area contributed by atoms with Crippen LogP contribution in [0.5, 0.6) is 0 Å². The van der Waals surface area contributed by atoms with Gasteiger partial charge in [-0.3, -0.25) is 9.59 Å². The molecule has 0 aliphatic carbocycles. The summed E-state index contributed by atoms with van der Waals surface area (Å²) in [4.78, 5) is 26.6. The van der Waals surface area contributed by atoms with Crippen LogP contribution in [-0.2, 0) is 9.59 Å². The first kappa shape index (κ1) is 20.4. The monoisotopic (exact) mass is 399 g/mol. The lowest BCUT2D eigenvalue weighted by Gasteiger charge is -2.22. The van der Waals surface area contributed by atoms with E-state index >= 15 is 0 Å². The van der Waals surface area contributed by atoms with Crippen LogP contribution >= 0.6 is 11.6 Å². The predicted octanol–water partition coefficient (Wildman–Crippen LogP) is 3.11. The summed E-state index contributed by atoms with van der Waals surface area (Å²) in [5.41, 5.74) is 8.06. The van der Waals surface area contributed by atoms with Gasteiger partial charge in [0, 0.05) is 31.0 Å². The highest BCUT2D eigenvalue weighted by molar-refractivity contribution is 6.30. The van der Waals surface area contributed by atoms with Crippen molar-refractivity contribution in [3.63, 3.8) is 0 Å². The van der Waals surface area contributed by atoms with E-state index in [0.29, 0.717) is 24.7 Å². The predicted molar refractivity (Wildman–Crippen MR) is 111 cm³/mol. The van der Waals surface area contributed by atoms with Gasteiger partial charge < -0.3 is 16.0 Å². The zero-order chi connectivity index (χ0) is 20.1. The lowest BCUT2D eigenvalue weighted by Crippen LogP contribution is -2.35. The van der Waals surface area contributed by atoms with Crippen molar-refractivity contribution in [3.8, 4) is 0 Å². The maximum atomic E-state index is 13.0. The molecule has 3 N–H and O–H groups in total. The quantitative estimate of drug-likeness (QED) is 0.783. The Labute approximate surface area is 170 Å². The number of hydrogen-bond donors (Lipinski definition) is 2. The van der Waals surface area contributed by atoms with E-state index in [1.54, 1.807) is 12.1 Å². The smallest absolute Gasteiger partial charge is 0.225 e. The van der Waals surface area contributed by atoms with Crippen molar-refractivity contribution in [2.45, 2.75) is 25.3 Å². The van der Waals surface area contributed by atoms with Crippen molar-refractivity contribution < 1.29 is 9.59 Å².